The Labute approximate surface area is 192 Å². The highest BCUT2D eigenvalue weighted by Gasteiger charge is 2.21. The van der Waals surface area contributed by atoms with Gasteiger partial charge >= 0.3 is 0 Å². The molecule has 1 N–H and O–H groups in total. The van der Waals surface area contributed by atoms with Crippen LogP contribution in [0.3, 0.4) is 0 Å². The van der Waals surface area contributed by atoms with Gasteiger partial charge in [-0.15, -0.1) is 0 Å². The van der Waals surface area contributed by atoms with Crippen molar-refractivity contribution in [3.05, 3.63) is 94.5 Å². The molecule has 0 radical (unpaired) electrons. The standard InChI is InChI=1S/C26H27BrN2O2/c27-25-12-5-4-8-21(25)18-26(30)28-22-13-15-29(16-14-22)19-20-7-6-11-24(17-20)31-23-9-2-1-3-10-23/h1-12,17,22H,13-16,18-19H2,(H,28,30). The minimum absolute atomic E-state index is 0.0936. The van der Waals surface area contributed by atoms with Crippen molar-refractivity contribution in [2.45, 2.75) is 31.8 Å². The van der Waals surface area contributed by atoms with Gasteiger partial charge in [0.1, 0.15) is 11.5 Å². The molecule has 160 valence electrons. The number of benzene rings is 3. The lowest BCUT2D eigenvalue weighted by atomic mass is 10.0. The molecule has 0 saturated carbocycles. The molecule has 0 aromatic heterocycles. The van der Waals surface area contributed by atoms with Crippen LogP contribution in [0.25, 0.3) is 0 Å². The van der Waals surface area contributed by atoms with Gasteiger partial charge in [-0.3, -0.25) is 9.69 Å². The molecular formula is C26H27BrN2O2. The van der Waals surface area contributed by atoms with Gasteiger partial charge in [-0.2, -0.15) is 0 Å². The summed E-state index contributed by atoms with van der Waals surface area (Å²) < 4.78 is 6.94. The zero-order chi connectivity index (χ0) is 21.5. The first-order chi connectivity index (χ1) is 15.2. The number of hydrogen-bond donors (Lipinski definition) is 1. The number of para-hydroxylation sites is 1. The molecule has 0 spiro atoms. The third-order valence-corrected chi connectivity index (χ3v) is 6.32. The van der Waals surface area contributed by atoms with E-state index < -0.39 is 0 Å². The largest absolute Gasteiger partial charge is 0.457 e. The Morgan fingerprint density at radius 2 is 1.65 bits per heavy atom. The number of nitrogens with one attached hydrogen (secondary N) is 1. The predicted octanol–water partition coefficient (Wildman–Crippen LogP) is 5.56. The first-order valence-electron chi connectivity index (χ1n) is 10.7. The first-order valence-corrected chi connectivity index (χ1v) is 11.5. The fraction of sp³-hybridized carbons (Fsp3) is 0.269. The monoisotopic (exact) mass is 478 g/mol. The van der Waals surface area contributed by atoms with Crippen molar-refractivity contribution >= 4 is 21.8 Å². The Bertz CT molecular complexity index is 1000. The molecule has 31 heavy (non-hydrogen) atoms. The average Bonchev–Trinajstić information content (AvgIpc) is 2.78. The highest BCUT2D eigenvalue weighted by Crippen LogP contribution is 2.23. The summed E-state index contributed by atoms with van der Waals surface area (Å²) in [7, 11) is 0. The third-order valence-electron chi connectivity index (χ3n) is 5.55. The van der Waals surface area contributed by atoms with E-state index in [1.54, 1.807) is 0 Å². The van der Waals surface area contributed by atoms with Crippen LogP contribution in [0.15, 0.2) is 83.3 Å². The second-order valence-electron chi connectivity index (χ2n) is 7.95. The Hall–Kier alpha value is -2.63. The Kier molecular flexibility index (Phi) is 7.39. The van der Waals surface area contributed by atoms with Crippen LogP contribution in [0.2, 0.25) is 0 Å². The van der Waals surface area contributed by atoms with Crippen molar-refractivity contribution in [3.8, 4) is 11.5 Å². The number of nitrogens with zero attached hydrogens (tertiary/aromatic N) is 1. The number of rotatable bonds is 7. The molecule has 0 aliphatic carbocycles. The first kappa shape index (κ1) is 21.6. The van der Waals surface area contributed by atoms with Gasteiger partial charge in [-0.05, 0) is 54.3 Å². The zero-order valence-electron chi connectivity index (χ0n) is 17.5. The van der Waals surface area contributed by atoms with Crippen molar-refractivity contribution in [1.82, 2.24) is 10.2 Å². The van der Waals surface area contributed by atoms with Crippen LogP contribution >= 0.6 is 15.9 Å². The molecule has 1 fully saturated rings. The number of hydrogen-bond acceptors (Lipinski definition) is 3. The molecule has 3 aromatic rings. The summed E-state index contributed by atoms with van der Waals surface area (Å²) in [5.74, 6) is 1.80. The number of amides is 1. The molecule has 1 saturated heterocycles. The van der Waals surface area contributed by atoms with Crippen molar-refractivity contribution in [2.75, 3.05) is 13.1 Å². The van der Waals surface area contributed by atoms with Crippen molar-refractivity contribution < 1.29 is 9.53 Å². The van der Waals surface area contributed by atoms with E-state index in [0.717, 1.165) is 54.0 Å². The SMILES string of the molecule is O=C(Cc1ccccc1Br)NC1CCN(Cc2cccc(Oc3ccccc3)c2)CC1. The van der Waals surface area contributed by atoms with E-state index in [-0.39, 0.29) is 11.9 Å². The van der Waals surface area contributed by atoms with E-state index in [0.29, 0.717) is 6.42 Å². The number of piperidine rings is 1. The summed E-state index contributed by atoms with van der Waals surface area (Å²) in [5, 5.41) is 3.21. The minimum atomic E-state index is 0.0936. The fourth-order valence-corrected chi connectivity index (χ4v) is 4.34. The van der Waals surface area contributed by atoms with Gasteiger partial charge in [-0.25, -0.2) is 0 Å². The second-order valence-corrected chi connectivity index (χ2v) is 8.80. The van der Waals surface area contributed by atoms with E-state index in [1.165, 1.54) is 5.56 Å². The molecule has 0 bridgehead atoms. The van der Waals surface area contributed by atoms with Gasteiger partial charge in [-0.1, -0.05) is 64.5 Å². The van der Waals surface area contributed by atoms with Gasteiger partial charge in [0.2, 0.25) is 5.91 Å². The van der Waals surface area contributed by atoms with Gasteiger partial charge in [0.05, 0.1) is 6.42 Å². The van der Waals surface area contributed by atoms with Gasteiger partial charge in [0.15, 0.2) is 0 Å². The second kappa shape index (κ2) is 10.6. The van der Waals surface area contributed by atoms with E-state index in [9.17, 15) is 4.79 Å². The lowest BCUT2D eigenvalue weighted by Crippen LogP contribution is -2.44. The number of carbonyl (C=O) groups is 1. The highest BCUT2D eigenvalue weighted by molar-refractivity contribution is 9.10. The number of halogens is 1. The molecule has 4 rings (SSSR count). The molecule has 3 aromatic carbocycles. The molecule has 4 nitrogen and oxygen atoms in total. The third kappa shape index (κ3) is 6.42. The lowest BCUT2D eigenvalue weighted by Gasteiger charge is -2.32. The summed E-state index contributed by atoms with van der Waals surface area (Å²) in [6, 6.07) is 26.3. The van der Waals surface area contributed by atoms with E-state index in [4.69, 9.17) is 4.74 Å². The Morgan fingerprint density at radius 1 is 0.935 bits per heavy atom. The summed E-state index contributed by atoms with van der Waals surface area (Å²) in [6.07, 6.45) is 2.36. The molecule has 5 heteroatoms. The van der Waals surface area contributed by atoms with E-state index in [1.807, 2.05) is 66.7 Å². The number of likely N-dealkylation sites (tertiary alicyclic amines) is 1. The van der Waals surface area contributed by atoms with Crippen LogP contribution in [-0.2, 0) is 17.8 Å². The smallest absolute Gasteiger partial charge is 0.224 e. The maximum absolute atomic E-state index is 12.4. The highest BCUT2D eigenvalue weighted by atomic mass is 79.9. The molecule has 1 aliphatic rings. The fourth-order valence-electron chi connectivity index (χ4n) is 3.92. The maximum atomic E-state index is 12.4. The summed E-state index contributed by atoms with van der Waals surface area (Å²) in [4.78, 5) is 14.9. The summed E-state index contributed by atoms with van der Waals surface area (Å²) in [5.41, 5.74) is 2.26. The molecule has 1 heterocycles. The van der Waals surface area contributed by atoms with Gasteiger partial charge in [0, 0.05) is 30.1 Å². The summed E-state index contributed by atoms with van der Waals surface area (Å²) >= 11 is 3.52. The van der Waals surface area contributed by atoms with Crippen LogP contribution < -0.4 is 10.1 Å². The average molecular weight is 479 g/mol. The Balaban J connectivity index is 1.24. The zero-order valence-corrected chi connectivity index (χ0v) is 19.1. The van der Waals surface area contributed by atoms with Gasteiger partial charge < -0.3 is 10.1 Å². The number of ether oxygens (including phenoxy) is 1. The molecule has 0 atom stereocenters. The predicted molar refractivity (Wildman–Crippen MR) is 127 cm³/mol. The van der Waals surface area contributed by atoms with Crippen LogP contribution in [0.1, 0.15) is 24.0 Å². The van der Waals surface area contributed by atoms with E-state index in [2.05, 4.69) is 38.3 Å². The lowest BCUT2D eigenvalue weighted by molar-refractivity contribution is -0.121. The van der Waals surface area contributed by atoms with Crippen LogP contribution in [-0.4, -0.2) is 29.9 Å². The molecular weight excluding hydrogens is 452 g/mol. The summed E-state index contributed by atoms with van der Waals surface area (Å²) in [6.45, 7) is 2.84. The molecule has 1 aliphatic heterocycles. The van der Waals surface area contributed by atoms with Gasteiger partial charge in [0.25, 0.3) is 0 Å². The maximum Gasteiger partial charge on any atom is 0.224 e. The van der Waals surface area contributed by atoms with E-state index >= 15 is 0 Å². The van der Waals surface area contributed by atoms with Crippen molar-refractivity contribution in [3.63, 3.8) is 0 Å². The topological polar surface area (TPSA) is 41.6 Å². The van der Waals surface area contributed by atoms with Crippen LogP contribution in [0.5, 0.6) is 11.5 Å². The van der Waals surface area contributed by atoms with Crippen LogP contribution in [0, 0.1) is 0 Å². The minimum Gasteiger partial charge on any atom is -0.457 e. The van der Waals surface area contributed by atoms with Crippen LogP contribution in [0.4, 0.5) is 0 Å². The quantitative estimate of drug-likeness (QED) is 0.482. The van der Waals surface area contributed by atoms with Crippen molar-refractivity contribution in [2.24, 2.45) is 0 Å². The molecule has 0 unspecified atom stereocenters. The molecule has 1 amide bonds. The van der Waals surface area contributed by atoms with Crippen molar-refractivity contribution in [1.29, 1.82) is 0 Å². The Morgan fingerprint density at radius 3 is 2.42 bits per heavy atom. The number of carbonyl (C=O) groups excluding carboxylic acids is 1. The normalized spacial score (nSPS) is 14.9.